The smallest absolute Gasteiger partial charge is 0.369 e. The van der Waals surface area contributed by atoms with Crippen LogP contribution in [0.3, 0.4) is 0 Å². The van der Waals surface area contributed by atoms with Gasteiger partial charge in [-0.15, -0.1) is 0 Å². The second-order valence-electron chi connectivity index (χ2n) is 4.47. The summed E-state index contributed by atoms with van der Waals surface area (Å²) >= 11 is 2.99. The monoisotopic (exact) mass is 346 g/mol. The molecule has 106 valence electrons. The predicted molar refractivity (Wildman–Crippen MR) is 70.4 cm³/mol. The lowest BCUT2D eigenvalue weighted by Gasteiger charge is -2.26. The van der Waals surface area contributed by atoms with E-state index in [-0.39, 0.29) is 10.5 Å². The fourth-order valence-electron chi connectivity index (χ4n) is 2.32. The molecule has 0 radical (unpaired) electrons. The van der Waals surface area contributed by atoms with Gasteiger partial charge in [-0.2, -0.15) is 18.3 Å². The highest BCUT2D eigenvalue weighted by Gasteiger charge is 2.40. The molecule has 8 heteroatoms. The van der Waals surface area contributed by atoms with Crippen LogP contribution in [0.4, 0.5) is 19.0 Å². The van der Waals surface area contributed by atoms with Crippen LogP contribution >= 0.6 is 15.9 Å². The highest BCUT2D eigenvalue weighted by Crippen LogP contribution is 2.41. The maximum absolute atomic E-state index is 12.9. The summed E-state index contributed by atoms with van der Waals surface area (Å²) in [5, 5.41) is 6.70. The molecule has 3 rings (SSSR count). The minimum Gasteiger partial charge on any atom is -0.369 e. The standard InChI is InChI=1S/C12H10BrF3N4/c13-9-10(12(14,15)16)19-20-8(3-6-18-11(9)20)7-1-4-17-5-2-7/h1-2,4-5,8,18H,3,6H2. The molecule has 0 aliphatic carbocycles. The highest BCUT2D eigenvalue weighted by molar-refractivity contribution is 9.10. The number of alkyl halides is 3. The number of nitrogens with one attached hydrogen (secondary N) is 1. The normalized spacial score (nSPS) is 18.5. The number of nitrogens with zero attached hydrogens (tertiary/aromatic N) is 3. The van der Waals surface area contributed by atoms with E-state index in [1.54, 1.807) is 24.5 Å². The SMILES string of the molecule is FC(F)(F)c1nn2c(c1Br)NCCC2c1ccncc1. The van der Waals surface area contributed by atoms with Crippen molar-refractivity contribution in [1.82, 2.24) is 14.8 Å². The van der Waals surface area contributed by atoms with Gasteiger partial charge < -0.3 is 5.32 Å². The molecule has 0 saturated heterocycles. The first-order valence-corrected chi connectivity index (χ1v) is 6.77. The molecule has 1 N–H and O–H groups in total. The predicted octanol–water partition coefficient (Wildman–Crippen LogP) is 3.46. The molecule has 2 aromatic rings. The first-order valence-electron chi connectivity index (χ1n) is 5.97. The molecule has 1 aliphatic heterocycles. The maximum atomic E-state index is 12.9. The number of fused-ring (bicyclic) bond motifs is 1. The van der Waals surface area contributed by atoms with Gasteiger partial charge in [-0.05, 0) is 40.0 Å². The van der Waals surface area contributed by atoms with Gasteiger partial charge in [0.15, 0.2) is 5.69 Å². The number of anilines is 1. The molecular formula is C12H10BrF3N4. The zero-order chi connectivity index (χ0) is 14.3. The Morgan fingerprint density at radius 2 is 2.00 bits per heavy atom. The third-order valence-corrected chi connectivity index (χ3v) is 3.97. The number of halogens is 4. The lowest BCUT2D eigenvalue weighted by Crippen LogP contribution is -2.24. The van der Waals surface area contributed by atoms with Gasteiger partial charge in [-0.1, -0.05) is 0 Å². The van der Waals surface area contributed by atoms with E-state index in [0.717, 1.165) is 5.56 Å². The van der Waals surface area contributed by atoms with Crippen LogP contribution in [0.25, 0.3) is 0 Å². The fraction of sp³-hybridized carbons (Fsp3) is 0.333. The summed E-state index contributed by atoms with van der Waals surface area (Å²) in [6.07, 6.45) is -0.559. The summed E-state index contributed by atoms with van der Waals surface area (Å²) < 4.78 is 40.1. The molecule has 4 nitrogen and oxygen atoms in total. The molecular weight excluding hydrogens is 337 g/mol. The maximum Gasteiger partial charge on any atom is 0.436 e. The van der Waals surface area contributed by atoms with Gasteiger partial charge in [0, 0.05) is 18.9 Å². The van der Waals surface area contributed by atoms with Crippen molar-refractivity contribution in [2.45, 2.75) is 18.6 Å². The van der Waals surface area contributed by atoms with Gasteiger partial charge in [0.25, 0.3) is 0 Å². The second kappa shape index (κ2) is 4.76. The van der Waals surface area contributed by atoms with Gasteiger partial charge in [-0.25, -0.2) is 4.68 Å². The molecule has 0 bridgehead atoms. The number of hydrogen-bond acceptors (Lipinski definition) is 3. The van der Waals surface area contributed by atoms with Crippen molar-refractivity contribution in [3.63, 3.8) is 0 Å². The summed E-state index contributed by atoms with van der Waals surface area (Å²) in [5.74, 6) is 0.366. The first kappa shape index (κ1) is 13.4. The topological polar surface area (TPSA) is 42.7 Å². The van der Waals surface area contributed by atoms with Gasteiger partial charge in [0.05, 0.1) is 10.5 Å². The summed E-state index contributed by atoms with van der Waals surface area (Å²) in [6.45, 7) is 0.592. The minimum absolute atomic E-state index is 0.0382. The Labute approximate surface area is 121 Å². The van der Waals surface area contributed by atoms with Crippen molar-refractivity contribution in [3.8, 4) is 0 Å². The van der Waals surface area contributed by atoms with Gasteiger partial charge in [0.2, 0.25) is 0 Å². The Kier molecular flexibility index (Phi) is 3.19. The summed E-state index contributed by atoms with van der Waals surface area (Å²) in [7, 11) is 0. The van der Waals surface area contributed by atoms with E-state index in [9.17, 15) is 13.2 Å². The highest BCUT2D eigenvalue weighted by atomic mass is 79.9. The summed E-state index contributed by atoms with van der Waals surface area (Å²) in [5.41, 5.74) is -0.00701. The Hall–Kier alpha value is -1.57. The van der Waals surface area contributed by atoms with Crippen LogP contribution in [0.1, 0.15) is 23.7 Å². The Morgan fingerprint density at radius 1 is 1.30 bits per heavy atom. The van der Waals surface area contributed by atoms with E-state index in [0.29, 0.717) is 18.8 Å². The fourth-order valence-corrected chi connectivity index (χ4v) is 2.95. The van der Waals surface area contributed by atoms with Crippen LogP contribution in [-0.2, 0) is 6.18 Å². The number of hydrogen-bond donors (Lipinski definition) is 1. The number of rotatable bonds is 1. The molecule has 0 aromatic carbocycles. The molecule has 0 amide bonds. The van der Waals surface area contributed by atoms with E-state index in [2.05, 4.69) is 31.3 Å². The zero-order valence-corrected chi connectivity index (χ0v) is 11.7. The summed E-state index contributed by atoms with van der Waals surface area (Å²) in [6, 6.07) is 3.37. The molecule has 2 aromatic heterocycles. The second-order valence-corrected chi connectivity index (χ2v) is 5.26. The Morgan fingerprint density at radius 3 is 2.65 bits per heavy atom. The van der Waals surface area contributed by atoms with Crippen LogP contribution in [0.5, 0.6) is 0 Å². The lowest BCUT2D eigenvalue weighted by atomic mass is 10.0. The average molecular weight is 347 g/mol. The van der Waals surface area contributed by atoms with Gasteiger partial charge in [-0.3, -0.25) is 4.98 Å². The van der Waals surface area contributed by atoms with Crippen LogP contribution in [0.2, 0.25) is 0 Å². The third kappa shape index (κ3) is 2.17. The molecule has 20 heavy (non-hydrogen) atoms. The minimum atomic E-state index is -4.48. The van der Waals surface area contributed by atoms with E-state index >= 15 is 0 Å². The van der Waals surface area contributed by atoms with Crippen LogP contribution in [-0.4, -0.2) is 21.3 Å². The van der Waals surface area contributed by atoms with Crippen LogP contribution in [0, 0.1) is 0 Å². The molecule has 0 saturated carbocycles. The molecule has 0 fully saturated rings. The zero-order valence-electron chi connectivity index (χ0n) is 10.2. The van der Waals surface area contributed by atoms with Gasteiger partial charge in [0.1, 0.15) is 5.82 Å². The third-order valence-electron chi connectivity index (χ3n) is 3.22. The van der Waals surface area contributed by atoms with E-state index in [1.807, 2.05) is 0 Å². The quantitative estimate of drug-likeness (QED) is 0.859. The number of aromatic nitrogens is 3. The lowest BCUT2D eigenvalue weighted by molar-refractivity contribution is -0.142. The molecule has 0 spiro atoms. The van der Waals surface area contributed by atoms with Crippen molar-refractivity contribution >= 4 is 21.7 Å². The largest absolute Gasteiger partial charge is 0.436 e. The molecule has 3 heterocycles. The average Bonchev–Trinajstić information content (AvgIpc) is 2.77. The molecule has 1 unspecified atom stereocenters. The van der Waals surface area contributed by atoms with Crippen LogP contribution < -0.4 is 5.32 Å². The van der Waals surface area contributed by atoms with E-state index < -0.39 is 11.9 Å². The Bertz CT molecular complexity index is 624. The summed E-state index contributed by atoms with van der Waals surface area (Å²) in [4.78, 5) is 3.92. The van der Waals surface area contributed by atoms with Crippen LogP contribution in [0.15, 0.2) is 29.0 Å². The van der Waals surface area contributed by atoms with E-state index in [1.165, 1.54) is 4.68 Å². The van der Waals surface area contributed by atoms with E-state index in [4.69, 9.17) is 0 Å². The molecule has 1 aliphatic rings. The van der Waals surface area contributed by atoms with Gasteiger partial charge >= 0.3 is 6.18 Å². The first-order chi connectivity index (χ1) is 9.48. The van der Waals surface area contributed by atoms with Crippen molar-refractivity contribution < 1.29 is 13.2 Å². The molecule has 1 atom stereocenters. The van der Waals surface area contributed by atoms with Crippen molar-refractivity contribution in [2.75, 3.05) is 11.9 Å². The number of pyridine rings is 1. The van der Waals surface area contributed by atoms with Crippen molar-refractivity contribution in [3.05, 3.63) is 40.3 Å². The van der Waals surface area contributed by atoms with Crippen molar-refractivity contribution in [2.24, 2.45) is 0 Å². The Balaban J connectivity index is 2.10. The van der Waals surface area contributed by atoms with Crippen molar-refractivity contribution in [1.29, 1.82) is 0 Å².